The van der Waals surface area contributed by atoms with Gasteiger partial charge in [0.25, 0.3) is 0 Å². The summed E-state index contributed by atoms with van der Waals surface area (Å²) in [6, 6.07) is 14.7. The van der Waals surface area contributed by atoms with Crippen LogP contribution in [0, 0.1) is 0 Å². The largest absolute Gasteiger partial charge is 0.356 e. The van der Waals surface area contributed by atoms with Crippen LogP contribution in [0.4, 0.5) is 0 Å². The molecule has 0 saturated carbocycles. The number of nitrogens with one attached hydrogen (secondary N) is 1. The number of benzene rings is 1. The van der Waals surface area contributed by atoms with Crippen molar-refractivity contribution in [3.05, 3.63) is 58.3 Å². The summed E-state index contributed by atoms with van der Waals surface area (Å²) in [5.41, 5.74) is 1.33. The number of carbonyl (C=O) groups excluding carboxylic acids is 1. The Balaban J connectivity index is 1.50. The van der Waals surface area contributed by atoms with Crippen LogP contribution in [0.1, 0.15) is 29.7 Å². The highest BCUT2D eigenvalue weighted by atomic mass is 32.1. The van der Waals surface area contributed by atoms with Gasteiger partial charge in [-0.25, -0.2) is 0 Å². The van der Waals surface area contributed by atoms with Crippen LogP contribution in [-0.2, 0) is 17.8 Å². The highest BCUT2D eigenvalue weighted by molar-refractivity contribution is 7.09. The molecule has 1 aromatic carbocycles. The van der Waals surface area contributed by atoms with Crippen LogP contribution in [0.15, 0.2) is 47.8 Å². The zero-order valence-corrected chi connectivity index (χ0v) is 14.6. The summed E-state index contributed by atoms with van der Waals surface area (Å²) in [5.74, 6) is 0.173. The minimum atomic E-state index is 0.173. The molecule has 0 aliphatic heterocycles. The smallest absolute Gasteiger partial charge is 0.220 e. The Morgan fingerprint density at radius 2 is 1.96 bits per heavy atom. The Morgan fingerprint density at radius 3 is 2.70 bits per heavy atom. The minimum Gasteiger partial charge on any atom is -0.356 e. The molecule has 0 radical (unpaired) electrons. The summed E-state index contributed by atoms with van der Waals surface area (Å²) in [7, 11) is 2.12. The fourth-order valence-corrected chi connectivity index (χ4v) is 3.27. The van der Waals surface area contributed by atoms with Crippen LogP contribution >= 0.6 is 11.3 Å². The molecular weight excluding hydrogens is 304 g/mol. The molecule has 1 aromatic heterocycles. The number of thiophene rings is 1. The number of carbonyl (C=O) groups is 1. The van der Waals surface area contributed by atoms with E-state index in [9.17, 15) is 4.79 Å². The van der Waals surface area contributed by atoms with E-state index >= 15 is 0 Å². The Bertz CT molecular complexity index is 554. The van der Waals surface area contributed by atoms with E-state index in [1.54, 1.807) is 11.3 Å². The monoisotopic (exact) mass is 330 g/mol. The molecule has 4 heteroatoms. The molecule has 0 saturated heterocycles. The number of hydrogen-bond donors (Lipinski definition) is 1. The van der Waals surface area contributed by atoms with Crippen molar-refractivity contribution in [2.24, 2.45) is 0 Å². The van der Waals surface area contributed by atoms with Gasteiger partial charge >= 0.3 is 0 Å². The predicted molar refractivity (Wildman–Crippen MR) is 97.7 cm³/mol. The molecule has 0 aliphatic rings. The SMILES string of the molecule is CN(CCCNC(=O)CCCc1cccs1)Cc1ccccc1. The number of aryl methyl sites for hydroxylation is 1. The van der Waals surface area contributed by atoms with Gasteiger partial charge < -0.3 is 10.2 Å². The number of rotatable bonds is 10. The van der Waals surface area contributed by atoms with Crippen LogP contribution < -0.4 is 5.32 Å². The van der Waals surface area contributed by atoms with Crippen LogP contribution in [0.3, 0.4) is 0 Å². The zero-order valence-electron chi connectivity index (χ0n) is 13.8. The van der Waals surface area contributed by atoms with Crippen molar-refractivity contribution in [2.75, 3.05) is 20.1 Å². The molecular formula is C19H26N2OS. The standard InChI is InChI=1S/C19H26N2OS/c1-21(16-17-8-3-2-4-9-17)14-7-13-20-19(22)12-5-10-18-11-6-15-23-18/h2-4,6,8-9,11,15H,5,7,10,12-14,16H2,1H3,(H,20,22). The van der Waals surface area contributed by atoms with Gasteiger partial charge in [0.15, 0.2) is 0 Å². The van der Waals surface area contributed by atoms with Gasteiger partial charge in [-0.2, -0.15) is 0 Å². The van der Waals surface area contributed by atoms with Crippen molar-refractivity contribution in [1.29, 1.82) is 0 Å². The van der Waals surface area contributed by atoms with Gasteiger partial charge in [0.2, 0.25) is 5.91 Å². The fraction of sp³-hybridized carbons (Fsp3) is 0.421. The molecule has 1 amide bonds. The van der Waals surface area contributed by atoms with E-state index < -0.39 is 0 Å². The lowest BCUT2D eigenvalue weighted by Crippen LogP contribution is -2.28. The van der Waals surface area contributed by atoms with Crippen molar-refractivity contribution in [3.63, 3.8) is 0 Å². The predicted octanol–water partition coefficient (Wildman–Crippen LogP) is 3.71. The van der Waals surface area contributed by atoms with Gasteiger partial charge in [-0.15, -0.1) is 11.3 Å². The maximum Gasteiger partial charge on any atom is 0.220 e. The Labute approximate surface area is 143 Å². The Hall–Kier alpha value is -1.65. The minimum absolute atomic E-state index is 0.173. The highest BCUT2D eigenvalue weighted by Crippen LogP contribution is 2.11. The summed E-state index contributed by atoms with van der Waals surface area (Å²) in [6.07, 6.45) is 3.54. The van der Waals surface area contributed by atoms with Gasteiger partial charge in [0.1, 0.15) is 0 Å². The number of nitrogens with zero attached hydrogens (tertiary/aromatic N) is 1. The van der Waals surface area contributed by atoms with Crippen molar-refractivity contribution in [3.8, 4) is 0 Å². The second kappa shape index (κ2) is 10.2. The lowest BCUT2D eigenvalue weighted by Gasteiger charge is -2.16. The first kappa shape index (κ1) is 17.7. The van der Waals surface area contributed by atoms with Crippen LogP contribution in [0.2, 0.25) is 0 Å². The topological polar surface area (TPSA) is 32.3 Å². The molecule has 3 nitrogen and oxygen atoms in total. The Morgan fingerprint density at radius 1 is 1.13 bits per heavy atom. The summed E-state index contributed by atoms with van der Waals surface area (Å²) < 4.78 is 0. The molecule has 2 rings (SSSR count). The second-order valence-corrected chi connectivity index (χ2v) is 6.89. The van der Waals surface area contributed by atoms with Crippen molar-refractivity contribution >= 4 is 17.2 Å². The molecule has 0 aliphatic carbocycles. The average molecular weight is 330 g/mol. The summed E-state index contributed by atoms with van der Waals surface area (Å²) in [6.45, 7) is 2.71. The third kappa shape index (κ3) is 7.44. The summed E-state index contributed by atoms with van der Waals surface area (Å²) in [4.78, 5) is 15.4. The average Bonchev–Trinajstić information content (AvgIpc) is 3.06. The molecule has 1 N–H and O–H groups in total. The van der Waals surface area contributed by atoms with E-state index in [0.29, 0.717) is 6.42 Å². The second-order valence-electron chi connectivity index (χ2n) is 5.86. The van der Waals surface area contributed by atoms with E-state index in [-0.39, 0.29) is 5.91 Å². The molecule has 0 fully saturated rings. The molecule has 0 unspecified atom stereocenters. The third-order valence-corrected chi connectivity index (χ3v) is 4.68. The number of amides is 1. The highest BCUT2D eigenvalue weighted by Gasteiger charge is 2.03. The first-order valence-corrected chi connectivity index (χ1v) is 9.13. The van der Waals surface area contributed by atoms with Crippen LogP contribution in [0.5, 0.6) is 0 Å². The first-order valence-electron chi connectivity index (χ1n) is 8.25. The van der Waals surface area contributed by atoms with Gasteiger partial charge in [0, 0.05) is 24.4 Å². The fourth-order valence-electron chi connectivity index (χ4n) is 2.52. The van der Waals surface area contributed by atoms with E-state index in [1.165, 1.54) is 10.4 Å². The van der Waals surface area contributed by atoms with Crippen LogP contribution in [-0.4, -0.2) is 30.9 Å². The lowest BCUT2D eigenvalue weighted by molar-refractivity contribution is -0.121. The molecule has 124 valence electrons. The van der Waals surface area contributed by atoms with Gasteiger partial charge in [0.05, 0.1) is 0 Å². The maximum absolute atomic E-state index is 11.8. The maximum atomic E-state index is 11.8. The van der Waals surface area contributed by atoms with Crippen molar-refractivity contribution < 1.29 is 4.79 Å². The van der Waals surface area contributed by atoms with Crippen molar-refractivity contribution in [2.45, 2.75) is 32.2 Å². The first-order chi connectivity index (χ1) is 11.2. The molecule has 2 aromatic rings. The van der Waals surface area contributed by atoms with Crippen LogP contribution in [0.25, 0.3) is 0 Å². The molecule has 0 bridgehead atoms. The zero-order chi connectivity index (χ0) is 16.3. The van der Waals surface area contributed by atoms with E-state index in [1.807, 2.05) is 6.07 Å². The number of hydrogen-bond acceptors (Lipinski definition) is 3. The quantitative estimate of drug-likeness (QED) is 0.674. The lowest BCUT2D eigenvalue weighted by atomic mass is 10.2. The Kier molecular flexibility index (Phi) is 7.84. The summed E-state index contributed by atoms with van der Waals surface area (Å²) >= 11 is 1.76. The van der Waals surface area contributed by atoms with Gasteiger partial charge in [-0.05, 0) is 49.9 Å². The van der Waals surface area contributed by atoms with Gasteiger partial charge in [-0.1, -0.05) is 36.4 Å². The van der Waals surface area contributed by atoms with E-state index in [0.717, 1.165) is 38.9 Å². The third-order valence-electron chi connectivity index (χ3n) is 3.74. The van der Waals surface area contributed by atoms with E-state index in [4.69, 9.17) is 0 Å². The summed E-state index contributed by atoms with van der Waals surface area (Å²) in [5, 5.41) is 5.10. The normalized spacial score (nSPS) is 10.9. The molecule has 0 spiro atoms. The molecule has 0 atom stereocenters. The van der Waals surface area contributed by atoms with Crippen molar-refractivity contribution in [1.82, 2.24) is 10.2 Å². The van der Waals surface area contributed by atoms with Gasteiger partial charge in [-0.3, -0.25) is 4.79 Å². The molecule has 1 heterocycles. The molecule has 23 heavy (non-hydrogen) atoms. The van der Waals surface area contributed by atoms with E-state index in [2.05, 4.69) is 59.0 Å².